The molecule has 8 heteroatoms. The molecule has 0 saturated heterocycles. The number of carboxylic acids is 1. The molecule has 0 radical (unpaired) electrons. The van der Waals surface area contributed by atoms with E-state index in [1.807, 2.05) is 0 Å². The largest absolute Gasteiger partial charge is 0.479 e. The summed E-state index contributed by atoms with van der Waals surface area (Å²) in [7, 11) is 0. The zero-order valence-electron chi connectivity index (χ0n) is 10.6. The summed E-state index contributed by atoms with van der Waals surface area (Å²) >= 11 is 0. The molecule has 0 bridgehead atoms. The summed E-state index contributed by atoms with van der Waals surface area (Å²) in [5.41, 5.74) is -1.45. The smallest absolute Gasteiger partial charge is 0.337 e. The number of rotatable bonds is 5. The molecule has 2 heterocycles. The number of furan rings is 1. The molecule has 8 nitrogen and oxygen atoms in total. The van der Waals surface area contributed by atoms with Crippen molar-refractivity contribution < 1.29 is 24.2 Å². The van der Waals surface area contributed by atoms with Gasteiger partial charge in [0.15, 0.2) is 17.1 Å². The summed E-state index contributed by atoms with van der Waals surface area (Å²) in [4.78, 5) is 22.5. The molecule has 0 saturated carbocycles. The van der Waals surface area contributed by atoms with Gasteiger partial charge in [0.25, 0.3) is 5.91 Å². The average Bonchev–Trinajstić information content (AvgIpc) is 3.05. The van der Waals surface area contributed by atoms with Crippen molar-refractivity contribution in [2.45, 2.75) is 12.5 Å². The normalized spacial score (nSPS) is 13.7. The van der Waals surface area contributed by atoms with Crippen molar-refractivity contribution in [3.05, 3.63) is 30.2 Å². The van der Waals surface area contributed by atoms with Gasteiger partial charge in [0.05, 0.1) is 12.8 Å². The Labute approximate surface area is 113 Å². The van der Waals surface area contributed by atoms with Gasteiger partial charge in [-0.3, -0.25) is 9.89 Å². The van der Waals surface area contributed by atoms with E-state index in [4.69, 9.17) is 9.52 Å². The Balaban J connectivity index is 2.02. The zero-order valence-corrected chi connectivity index (χ0v) is 10.6. The molecule has 106 valence electrons. The minimum Gasteiger partial charge on any atom is -0.479 e. The second-order valence-electron chi connectivity index (χ2n) is 4.41. The first-order chi connectivity index (χ1) is 9.40. The maximum Gasteiger partial charge on any atom is 0.337 e. The van der Waals surface area contributed by atoms with Gasteiger partial charge in [0.2, 0.25) is 0 Å². The van der Waals surface area contributed by atoms with Gasteiger partial charge in [-0.05, 0) is 19.1 Å². The Morgan fingerprint density at radius 1 is 1.55 bits per heavy atom. The van der Waals surface area contributed by atoms with Crippen LogP contribution in [0.4, 0.5) is 0 Å². The molecule has 2 aromatic rings. The van der Waals surface area contributed by atoms with Crippen LogP contribution < -0.4 is 5.32 Å². The second kappa shape index (κ2) is 5.17. The lowest BCUT2D eigenvalue weighted by Gasteiger charge is -2.17. The van der Waals surface area contributed by atoms with E-state index in [0.29, 0.717) is 11.5 Å². The Morgan fingerprint density at radius 3 is 2.90 bits per heavy atom. The zero-order chi connectivity index (χ0) is 14.8. The highest BCUT2D eigenvalue weighted by Gasteiger charge is 2.30. The maximum absolute atomic E-state index is 11.8. The average molecular weight is 279 g/mol. The van der Waals surface area contributed by atoms with E-state index in [2.05, 4.69) is 15.5 Å². The van der Waals surface area contributed by atoms with Gasteiger partial charge < -0.3 is 19.9 Å². The van der Waals surface area contributed by atoms with Crippen LogP contribution in [0, 0.1) is 0 Å². The van der Waals surface area contributed by atoms with Gasteiger partial charge in [-0.15, -0.1) is 0 Å². The number of amides is 1. The minimum atomic E-state index is -2.03. The van der Waals surface area contributed by atoms with Crippen LogP contribution in [0.1, 0.15) is 17.4 Å². The molecule has 0 aliphatic heterocycles. The number of aliphatic carboxylic acids is 1. The molecule has 0 spiro atoms. The first kappa shape index (κ1) is 13.8. The third kappa shape index (κ3) is 2.86. The van der Waals surface area contributed by atoms with Crippen molar-refractivity contribution in [2.75, 3.05) is 6.54 Å². The number of H-pyrrole nitrogens is 1. The number of carboxylic acid groups (broad SMARTS) is 1. The van der Waals surface area contributed by atoms with Gasteiger partial charge in [-0.1, -0.05) is 0 Å². The van der Waals surface area contributed by atoms with Crippen molar-refractivity contribution >= 4 is 11.9 Å². The van der Waals surface area contributed by atoms with Crippen molar-refractivity contribution in [1.82, 2.24) is 15.5 Å². The molecule has 20 heavy (non-hydrogen) atoms. The van der Waals surface area contributed by atoms with Gasteiger partial charge in [-0.2, -0.15) is 5.10 Å². The topological polar surface area (TPSA) is 128 Å². The number of aliphatic hydroxyl groups is 1. The van der Waals surface area contributed by atoms with Crippen molar-refractivity contribution in [1.29, 1.82) is 0 Å². The lowest BCUT2D eigenvalue weighted by molar-refractivity contribution is -0.155. The Morgan fingerprint density at radius 2 is 2.30 bits per heavy atom. The van der Waals surface area contributed by atoms with E-state index in [9.17, 15) is 14.7 Å². The summed E-state index contributed by atoms with van der Waals surface area (Å²) in [5, 5.41) is 26.9. The molecule has 1 unspecified atom stereocenters. The molecule has 0 aliphatic carbocycles. The number of aromatic nitrogens is 2. The highest BCUT2D eigenvalue weighted by atomic mass is 16.4. The van der Waals surface area contributed by atoms with Crippen LogP contribution >= 0.6 is 0 Å². The number of nitrogens with zero attached hydrogens (tertiary/aromatic N) is 1. The van der Waals surface area contributed by atoms with Crippen LogP contribution in [0.15, 0.2) is 28.9 Å². The quantitative estimate of drug-likeness (QED) is 0.620. The summed E-state index contributed by atoms with van der Waals surface area (Å²) in [6.45, 7) is 0.665. The van der Waals surface area contributed by atoms with E-state index < -0.39 is 24.0 Å². The van der Waals surface area contributed by atoms with Crippen molar-refractivity contribution in [3.63, 3.8) is 0 Å². The number of nitrogens with one attached hydrogen (secondary N) is 2. The number of aromatic amines is 1. The summed E-state index contributed by atoms with van der Waals surface area (Å²) < 4.78 is 5.14. The van der Waals surface area contributed by atoms with Crippen LogP contribution in [0.3, 0.4) is 0 Å². The van der Waals surface area contributed by atoms with Gasteiger partial charge >= 0.3 is 5.97 Å². The van der Waals surface area contributed by atoms with Crippen LogP contribution in [0.2, 0.25) is 0 Å². The third-order valence-corrected chi connectivity index (χ3v) is 2.65. The summed E-state index contributed by atoms with van der Waals surface area (Å²) in [5.74, 6) is -1.49. The first-order valence-corrected chi connectivity index (χ1v) is 5.73. The van der Waals surface area contributed by atoms with E-state index in [0.717, 1.165) is 6.92 Å². The maximum atomic E-state index is 11.8. The fourth-order valence-corrected chi connectivity index (χ4v) is 1.41. The fourth-order valence-electron chi connectivity index (χ4n) is 1.41. The molecular formula is C12H13N3O5. The highest BCUT2D eigenvalue weighted by Crippen LogP contribution is 2.17. The lowest BCUT2D eigenvalue weighted by Crippen LogP contribution is -2.46. The third-order valence-electron chi connectivity index (χ3n) is 2.65. The molecule has 2 rings (SSSR count). The van der Waals surface area contributed by atoms with Crippen LogP contribution in [-0.2, 0) is 4.79 Å². The van der Waals surface area contributed by atoms with Crippen LogP contribution in [-0.4, -0.2) is 44.4 Å². The predicted octanol–water partition coefficient (Wildman–Crippen LogP) is 0.235. The molecule has 0 aromatic carbocycles. The molecule has 0 aliphatic rings. The molecule has 1 amide bonds. The Bertz CT molecular complexity index is 615. The van der Waals surface area contributed by atoms with E-state index in [-0.39, 0.29) is 5.69 Å². The molecule has 2 aromatic heterocycles. The molecule has 0 fully saturated rings. The van der Waals surface area contributed by atoms with Crippen LogP contribution in [0.5, 0.6) is 0 Å². The van der Waals surface area contributed by atoms with Gasteiger partial charge in [0, 0.05) is 6.07 Å². The van der Waals surface area contributed by atoms with E-state index >= 15 is 0 Å². The number of carbonyl (C=O) groups is 2. The van der Waals surface area contributed by atoms with Crippen molar-refractivity contribution in [3.8, 4) is 11.5 Å². The number of hydrogen-bond acceptors (Lipinski definition) is 5. The predicted molar refractivity (Wildman–Crippen MR) is 66.9 cm³/mol. The monoisotopic (exact) mass is 279 g/mol. The minimum absolute atomic E-state index is 0.0672. The van der Waals surface area contributed by atoms with Gasteiger partial charge in [-0.25, -0.2) is 4.79 Å². The standard InChI is InChI=1S/C12H13N3O5/c1-12(19,11(17)18)6-13-10(16)8-5-7(14-15-8)9-3-2-4-20-9/h2-5,19H,6H2,1H3,(H,13,16)(H,14,15)(H,17,18). The number of hydrogen-bond donors (Lipinski definition) is 4. The molecule has 4 N–H and O–H groups in total. The molecular weight excluding hydrogens is 266 g/mol. The summed E-state index contributed by atoms with van der Waals surface area (Å²) in [6.07, 6.45) is 1.49. The highest BCUT2D eigenvalue weighted by molar-refractivity contribution is 5.93. The van der Waals surface area contributed by atoms with Crippen molar-refractivity contribution in [2.24, 2.45) is 0 Å². The molecule has 1 atom stereocenters. The van der Waals surface area contributed by atoms with Crippen LogP contribution in [0.25, 0.3) is 11.5 Å². The fraction of sp³-hybridized carbons (Fsp3) is 0.250. The lowest BCUT2D eigenvalue weighted by atomic mass is 10.1. The second-order valence-corrected chi connectivity index (χ2v) is 4.41. The Hall–Kier alpha value is -2.61. The van der Waals surface area contributed by atoms with E-state index in [1.54, 1.807) is 12.1 Å². The van der Waals surface area contributed by atoms with E-state index in [1.165, 1.54) is 12.3 Å². The summed E-state index contributed by atoms with van der Waals surface area (Å²) in [6, 6.07) is 4.86. The Kier molecular flexibility index (Phi) is 3.57. The first-order valence-electron chi connectivity index (χ1n) is 5.73. The number of carbonyl (C=O) groups excluding carboxylic acids is 1. The SMILES string of the molecule is CC(O)(CNC(=O)c1cc(-c2ccco2)[nH]n1)C(=O)O. The van der Waals surface area contributed by atoms with Gasteiger partial charge in [0.1, 0.15) is 5.69 Å².